The molecule has 1 aliphatic rings. The van der Waals surface area contributed by atoms with E-state index in [9.17, 15) is 5.11 Å². The fourth-order valence-electron chi connectivity index (χ4n) is 4.25. The molecule has 1 aliphatic heterocycles. The summed E-state index contributed by atoms with van der Waals surface area (Å²) < 4.78 is 1.78. The van der Waals surface area contributed by atoms with Gasteiger partial charge in [0, 0.05) is 50.0 Å². The predicted molar refractivity (Wildman–Crippen MR) is 121 cm³/mol. The molecule has 0 saturated carbocycles. The number of aliphatic hydroxyl groups is 1. The number of rotatable bonds is 4. The van der Waals surface area contributed by atoms with Crippen molar-refractivity contribution in [1.29, 1.82) is 0 Å². The molecule has 162 valence electrons. The number of hydrogen-bond acceptors (Lipinski definition) is 7. The van der Waals surface area contributed by atoms with Crippen molar-refractivity contribution in [1.82, 2.24) is 35.0 Å². The molecule has 1 fully saturated rings. The minimum atomic E-state index is -0.828. The number of aromatic amines is 1. The van der Waals surface area contributed by atoms with Crippen molar-refractivity contribution in [2.45, 2.75) is 32.4 Å². The number of nitrogens with one attached hydrogen (secondary N) is 2. The number of pyridine rings is 1. The quantitative estimate of drug-likeness (QED) is 0.464. The smallest absolute Gasteiger partial charge is 0.166 e. The Morgan fingerprint density at radius 2 is 2.10 bits per heavy atom. The van der Waals surface area contributed by atoms with Crippen LogP contribution in [0.15, 0.2) is 30.7 Å². The van der Waals surface area contributed by atoms with Gasteiger partial charge >= 0.3 is 0 Å². The number of aromatic nitrogens is 6. The van der Waals surface area contributed by atoms with Crippen LogP contribution in [-0.2, 0) is 7.05 Å². The van der Waals surface area contributed by atoms with Gasteiger partial charge < -0.3 is 20.3 Å². The van der Waals surface area contributed by atoms with E-state index in [4.69, 9.17) is 9.97 Å². The van der Waals surface area contributed by atoms with Crippen LogP contribution in [0.2, 0.25) is 0 Å². The van der Waals surface area contributed by atoms with E-state index >= 15 is 0 Å². The number of anilines is 1. The lowest BCUT2D eigenvalue weighted by molar-refractivity contribution is -0.0231. The standard InChI is InChI=1S/C22H28N8O/c1-13(2)22(3,31)17-12-30(9-8-23-17)21-16-11-26-29(4)20(16)27-19(28-21)15-10-25-18-14(15)6-5-7-24-18/h5-7,10-11,13,17,23,31H,8-9,12H2,1-4H3,(H,24,25)/t17-,22+/m0/s1. The molecule has 5 rings (SSSR count). The zero-order valence-electron chi connectivity index (χ0n) is 18.3. The summed E-state index contributed by atoms with van der Waals surface area (Å²) in [6, 6.07) is 3.87. The third-order valence-corrected chi connectivity index (χ3v) is 6.61. The number of nitrogens with zero attached hydrogens (tertiary/aromatic N) is 6. The lowest BCUT2D eigenvalue weighted by Gasteiger charge is -2.43. The van der Waals surface area contributed by atoms with Crippen molar-refractivity contribution in [3.05, 3.63) is 30.7 Å². The number of aryl methyl sites for hydroxylation is 1. The molecule has 0 aliphatic carbocycles. The maximum Gasteiger partial charge on any atom is 0.166 e. The first-order chi connectivity index (χ1) is 14.9. The van der Waals surface area contributed by atoms with E-state index in [0.717, 1.165) is 46.5 Å². The Morgan fingerprint density at radius 1 is 1.26 bits per heavy atom. The average Bonchev–Trinajstić information content (AvgIpc) is 3.37. The van der Waals surface area contributed by atoms with Crippen LogP contribution < -0.4 is 10.2 Å². The van der Waals surface area contributed by atoms with Gasteiger partial charge in [-0.15, -0.1) is 0 Å². The van der Waals surface area contributed by atoms with Crippen LogP contribution in [-0.4, -0.2) is 66.1 Å². The van der Waals surface area contributed by atoms with Crippen LogP contribution in [0.3, 0.4) is 0 Å². The largest absolute Gasteiger partial charge is 0.388 e. The molecule has 0 unspecified atom stereocenters. The molecule has 4 aromatic heterocycles. The molecule has 2 atom stereocenters. The van der Waals surface area contributed by atoms with Crippen molar-refractivity contribution in [3.63, 3.8) is 0 Å². The number of fused-ring (bicyclic) bond motifs is 2. The third-order valence-electron chi connectivity index (χ3n) is 6.61. The Labute approximate surface area is 180 Å². The Kier molecular flexibility index (Phi) is 4.67. The van der Waals surface area contributed by atoms with E-state index in [0.29, 0.717) is 12.4 Å². The summed E-state index contributed by atoms with van der Waals surface area (Å²) in [6.07, 6.45) is 5.49. The van der Waals surface area contributed by atoms with Gasteiger partial charge in [-0.05, 0) is 25.0 Å². The average molecular weight is 421 g/mol. The second-order valence-corrected chi connectivity index (χ2v) is 8.81. The van der Waals surface area contributed by atoms with E-state index in [2.05, 4.69) is 25.3 Å². The van der Waals surface area contributed by atoms with E-state index in [1.165, 1.54) is 0 Å². The highest BCUT2D eigenvalue weighted by molar-refractivity contribution is 5.94. The lowest BCUT2D eigenvalue weighted by Crippen LogP contribution is -2.62. The zero-order valence-corrected chi connectivity index (χ0v) is 18.3. The van der Waals surface area contributed by atoms with Crippen LogP contribution in [0.25, 0.3) is 33.5 Å². The molecule has 3 N–H and O–H groups in total. The Morgan fingerprint density at radius 3 is 2.90 bits per heavy atom. The maximum atomic E-state index is 11.1. The van der Waals surface area contributed by atoms with E-state index in [1.54, 1.807) is 10.9 Å². The topological polar surface area (TPSA) is 108 Å². The highest BCUT2D eigenvalue weighted by atomic mass is 16.3. The van der Waals surface area contributed by atoms with Crippen LogP contribution in [0.4, 0.5) is 5.82 Å². The molecule has 1 saturated heterocycles. The van der Waals surface area contributed by atoms with Gasteiger partial charge in [0.15, 0.2) is 11.5 Å². The molecule has 0 radical (unpaired) electrons. The first-order valence-corrected chi connectivity index (χ1v) is 10.7. The second kappa shape index (κ2) is 7.28. The SMILES string of the molecule is CC(C)[C@@](C)(O)[C@@H]1CN(c2nc(-c3c[nH]c4ncccc34)nc3c2cnn3C)CCN1. The minimum Gasteiger partial charge on any atom is -0.388 e. The van der Waals surface area contributed by atoms with Crippen molar-refractivity contribution in [3.8, 4) is 11.4 Å². The molecule has 9 nitrogen and oxygen atoms in total. The van der Waals surface area contributed by atoms with Crippen molar-refractivity contribution >= 4 is 27.9 Å². The van der Waals surface area contributed by atoms with E-state index in [1.807, 2.05) is 52.3 Å². The fraction of sp³-hybridized carbons (Fsp3) is 0.455. The molecule has 9 heteroatoms. The molecule has 0 amide bonds. The van der Waals surface area contributed by atoms with Gasteiger partial charge in [0.1, 0.15) is 11.5 Å². The summed E-state index contributed by atoms with van der Waals surface area (Å²) in [7, 11) is 1.89. The number of hydrogen-bond donors (Lipinski definition) is 3. The molecule has 5 heterocycles. The molecule has 31 heavy (non-hydrogen) atoms. The van der Waals surface area contributed by atoms with Gasteiger partial charge in [-0.1, -0.05) is 13.8 Å². The second-order valence-electron chi connectivity index (χ2n) is 8.81. The van der Waals surface area contributed by atoms with Crippen LogP contribution in [0.1, 0.15) is 20.8 Å². The highest BCUT2D eigenvalue weighted by Crippen LogP contribution is 2.32. The lowest BCUT2D eigenvalue weighted by atomic mass is 9.84. The predicted octanol–water partition coefficient (Wildman–Crippen LogP) is 2.09. The summed E-state index contributed by atoms with van der Waals surface area (Å²) in [5.74, 6) is 1.61. The summed E-state index contributed by atoms with van der Waals surface area (Å²) >= 11 is 0. The van der Waals surface area contributed by atoms with Crippen LogP contribution >= 0.6 is 0 Å². The first-order valence-electron chi connectivity index (χ1n) is 10.7. The molecule has 0 aromatic carbocycles. The summed E-state index contributed by atoms with van der Waals surface area (Å²) in [5.41, 5.74) is 1.67. The Hall–Kier alpha value is -3.04. The van der Waals surface area contributed by atoms with Gasteiger partial charge in [0.25, 0.3) is 0 Å². The van der Waals surface area contributed by atoms with Crippen molar-refractivity contribution in [2.24, 2.45) is 13.0 Å². The minimum absolute atomic E-state index is 0.0660. The summed E-state index contributed by atoms with van der Waals surface area (Å²) in [5, 5.41) is 20.9. The van der Waals surface area contributed by atoms with E-state index < -0.39 is 5.60 Å². The molecule has 4 aromatic rings. The first kappa shape index (κ1) is 19.9. The van der Waals surface area contributed by atoms with Gasteiger partial charge in [0.05, 0.1) is 23.2 Å². The fourth-order valence-corrected chi connectivity index (χ4v) is 4.25. The molecule has 0 spiro atoms. The van der Waals surface area contributed by atoms with Crippen LogP contribution in [0.5, 0.6) is 0 Å². The Bertz CT molecular complexity index is 1240. The van der Waals surface area contributed by atoms with Gasteiger partial charge in [-0.3, -0.25) is 4.68 Å². The van der Waals surface area contributed by atoms with Gasteiger partial charge in [-0.2, -0.15) is 5.10 Å². The molecule has 0 bridgehead atoms. The Balaban J connectivity index is 1.62. The highest BCUT2D eigenvalue weighted by Gasteiger charge is 2.38. The zero-order chi connectivity index (χ0) is 21.8. The maximum absolute atomic E-state index is 11.1. The van der Waals surface area contributed by atoms with E-state index in [-0.39, 0.29) is 12.0 Å². The van der Waals surface area contributed by atoms with Crippen molar-refractivity contribution in [2.75, 3.05) is 24.5 Å². The summed E-state index contributed by atoms with van der Waals surface area (Å²) in [4.78, 5) is 19.7. The third kappa shape index (κ3) is 3.24. The number of H-pyrrole nitrogens is 1. The van der Waals surface area contributed by atoms with Crippen molar-refractivity contribution < 1.29 is 5.11 Å². The molecular weight excluding hydrogens is 392 g/mol. The van der Waals surface area contributed by atoms with Crippen LogP contribution in [0, 0.1) is 5.92 Å². The monoisotopic (exact) mass is 420 g/mol. The normalized spacial score (nSPS) is 19.4. The molecular formula is C22H28N8O. The number of piperazine rings is 1. The van der Waals surface area contributed by atoms with Gasteiger partial charge in [0.2, 0.25) is 0 Å². The summed E-state index contributed by atoms with van der Waals surface area (Å²) in [6.45, 7) is 8.22. The van der Waals surface area contributed by atoms with Gasteiger partial charge in [-0.25, -0.2) is 15.0 Å².